The molecule has 0 unspecified atom stereocenters. The predicted octanol–water partition coefficient (Wildman–Crippen LogP) is 0.758. The standard InChI is InChI=1S/C19H15NO2.BrH/c1-12-18-14(7-8-17(22-2)19(18)21)11-16-15-6-4-3-5-13(15)9-10-20(12)16;/h3-11H,1-2H3;1H. The molecule has 116 valence electrons. The lowest BCUT2D eigenvalue weighted by atomic mass is 10.0. The number of hydrogen-bond donors (Lipinski definition) is 1. The Hall–Kier alpha value is -2.33. The van der Waals surface area contributed by atoms with Crippen molar-refractivity contribution in [3.8, 4) is 11.5 Å². The van der Waals surface area contributed by atoms with Gasteiger partial charge in [0.25, 0.3) is 0 Å². The lowest BCUT2D eigenvalue weighted by molar-refractivity contribution is -0.516. The van der Waals surface area contributed by atoms with E-state index in [1.54, 1.807) is 13.2 Å². The van der Waals surface area contributed by atoms with Gasteiger partial charge in [0, 0.05) is 19.1 Å². The second-order valence-corrected chi connectivity index (χ2v) is 5.47. The van der Waals surface area contributed by atoms with Gasteiger partial charge in [-0.15, -0.1) is 0 Å². The molecule has 0 saturated carbocycles. The zero-order valence-corrected chi connectivity index (χ0v) is 14.5. The van der Waals surface area contributed by atoms with Gasteiger partial charge in [0.1, 0.15) is 0 Å². The Labute approximate surface area is 144 Å². The maximum absolute atomic E-state index is 10.5. The SMILES string of the molecule is COc1ccc2cc3c4ccccc4cc[n+]3c(C)c2c1O.[Br-]. The Morgan fingerprint density at radius 1 is 1.00 bits per heavy atom. The first-order valence-electron chi connectivity index (χ1n) is 7.23. The quantitative estimate of drug-likeness (QED) is 0.305. The molecule has 0 fully saturated rings. The molecule has 4 heteroatoms. The number of phenolic OH excluding ortho intramolecular Hbond substituents is 1. The second-order valence-electron chi connectivity index (χ2n) is 5.47. The average molecular weight is 370 g/mol. The van der Waals surface area contributed by atoms with E-state index in [1.165, 1.54) is 10.8 Å². The van der Waals surface area contributed by atoms with Gasteiger partial charge in [0.2, 0.25) is 5.52 Å². The van der Waals surface area contributed by atoms with E-state index in [0.29, 0.717) is 5.75 Å². The number of nitrogens with zero attached hydrogens (tertiary/aromatic N) is 1. The van der Waals surface area contributed by atoms with Crippen LogP contribution in [0.15, 0.2) is 54.7 Å². The van der Waals surface area contributed by atoms with Crippen LogP contribution < -0.4 is 26.1 Å². The van der Waals surface area contributed by atoms with Crippen molar-refractivity contribution in [3.63, 3.8) is 0 Å². The number of methoxy groups -OCH3 is 1. The highest BCUT2D eigenvalue weighted by molar-refractivity contribution is 5.99. The molecule has 0 aliphatic carbocycles. The van der Waals surface area contributed by atoms with Crippen molar-refractivity contribution in [2.75, 3.05) is 7.11 Å². The average Bonchev–Trinajstić information content (AvgIpc) is 2.55. The molecule has 0 atom stereocenters. The Bertz CT molecular complexity index is 1040. The van der Waals surface area contributed by atoms with E-state index in [2.05, 4.69) is 28.7 Å². The van der Waals surface area contributed by atoms with Crippen molar-refractivity contribution in [2.24, 2.45) is 0 Å². The van der Waals surface area contributed by atoms with Crippen LogP contribution in [0.4, 0.5) is 0 Å². The molecule has 0 amide bonds. The maximum Gasteiger partial charge on any atom is 0.219 e. The van der Waals surface area contributed by atoms with Gasteiger partial charge in [0.05, 0.1) is 17.9 Å². The molecule has 23 heavy (non-hydrogen) atoms. The number of hydrogen-bond acceptors (Lipinski definition) is 2. The molecule has 3 nitrogen and oxygen atoms in total. The third-order valence-corrected chi connectivity index (χ3v) is 4.31. The molecule has 0 radical (unpaired) electrons. The van der Waals surface area contributed by atoms with Crippen LogP contribution in [0.3, 0.4) is 0 Å². The molecule has 2 aromatic heterocycles. The van der Waals surface area contributed by atoms with Gasteiger partial charge in [-0.3, -0.25) is 0 Å². The summed E-state index contributed by atoms with van der Waals surface area (Å²) in [4.78, 5) is 0. The number of halogens is 1. The number of phenols is 1. The first kappa shape index (κ1) is 15.6. The first-order chi connectivity index (χ1) is 10.7. The summed E-state index contributed by atoms with van der Waals surface area (Å²) < 4.78 is 7.35. The van der Waals surface area contributed by atoms with Gasteiger partial charge in [-0.25, -0.2) is 0 Å². The fourth-order valence-corrected chi connectivity index (χ4v) is 3.20. The minimum Gasteiger partial charge on any atom is -1.00 e. The predicted molar refractivity (Wildman–Crippen MR) is 87.6 cm³/mol. The third kappa shape index (κ3) is 2.21. The van der Waals surface area contributed by atoms with Crippen molar-refractivity contribution in [1.29, 1.82) is 0 Å². The summed E-state index contributed by atoms with van der Waals surface area (Å²) >= 11 is 0. The van der Waals surface area contributed by atoms with Crippen molar-refractivity contribution < 1.29 is 31.2 Å². The van der Waals surface area contributed by atoms with E-state index in [4.69, 9.17) is 4.74 Å². The van der Waals surface area contributed by atoms with Crippen LogP contribution in [-0.4, -0.2) is 12.2 Å². The molecule has 1 N–H and O–H groups in total. The maximum atomic E-state index is 10.5. The molecule has 0 aliphatic heterocycles. The molecular weight excluding hydrogens is 354 g/mol. The van der Waals surface area contributed by atoms with Crippen LogP contribution in [0.1, 0.15) is 5.69 Å². The summed E-state index contributed by atoms with van der Waals surface area (Å²) in [6.45, 7) is 2.02. The Kier molecular flexibility index (Phi) is 3.86. The molecule has 0 saturated heterocycles. The van der Waals surface area contributed by atoms with Crippen LogP contribution in [0, 0.1) is 6.92 Å². The van der Waals surface area contributed by atoms with E-state index in [-0.39, 0.29) is 22.7 Å². The highest BCUT2D eigenvalue weighted by Gasteiger charge is 2.19. The van der Waals surface area contributed by atoms with Gasteiger partial charge < -0.3 is 26.8 Å². The molecule has 0 spiro atoms. The number of aryl methyl sites for hydroxylation is 1. The van der Waals surface area contributed by atoms with E-state index >= 15 is 0 Å². The van der Waals surface area contributed by atoms with E-state index in [0.717, 1.165) is 22.0 Å². The van der Waals surface area contributed by atoms with Gasteiger partial charge in [-0.1, -0.05) is 18.2 Å². The van der Waals surface area contributed by atoms with Crippen LogP contribution in [-0.2, 0) is 0 Å². The first-order valence-corrected chi connectivity index (χ1v) is 7.23. The third-order valence-electron chi connectivity index (χ3n) is 4.31. The molecule has 0 aliphatic rings. The van der Waals surface area contributed by atoms with Crippen LogP contribution in [0.2, 0.25) is 0 Å². The van der Waals surface area contributed by atoms with Gasteiger partial charge in [-0.05, 0) is 29.0 Å². The van der Waals surface area contributed by atoms with Crippen molar-refractivity contribution in [3.05, 3.63) is 60.4 Å². The van der Waals surface area contributed by atoms with Crippen molar-refractivity contribution in [2.45, 2.75) is 6.92 Å². The summed E-state index contributed by atoms with van der Waals surface area (Å²) in [5.41, 5.74) is 2.13. The molecule has 0 bridgehead atoms. The summed E-state index contributed by atoms with van der Waals surface area (Å²) in [6, 6.07) is 16.3. The fraction of sp³-hybridized carbons (Fsp3) is 0.105. The largest absolute Gasteiger partial charge is 1.00 e. The highest BCUT2D eigenvalue weighted by Crippen LogP contribution is 2.36. The minimum atomic E-state index is 0. The number of benzene rings is 2. The van der Waals surface area contributed by atoms with Crippen molar-refractivity contribution >= 4 is 27.1 Å². The zero-order chi connectivity index (χ0) is 15.3. The molecule has 4 aromatic rings. The second kappa shape index (κ2) is 5.70. The smallest absolute Gasteiger partial charge is 0.219 e. The zero-order valence-electron chi connectivity index (χ0n) is 12.9. The van der Waals surface area contributed by atoms with Crippen LogP contribution >= 0.6 is 0 Å². The Morgan fingerprint density at radius 2 is 1.78 bits per heavy atom. The summed E-state index contributed by atoms with van der Waals surface area (Å²) in [6.07, 6.45) is 2.05. The number of rotatable bonds is 1. The lowest BCUT2D eigenvalue weighted by Gasteiger charge is -2.08. The number of aromatic nitrogens is 1. The minimum absolute atomic E-state index is 0. The lowest BCUT2D eigenvalue weighted by Crippen LogP contribution is -3.00. The number of pyridine rings is 2. The van der Waals surface area contributed by atoms with E-state index in [9.17, 15) is 5.11 Å². The van der Waals surface area contributed by atoms with Gasteiger partial charge >= 0.3 is 0 Å². The molecule has 2 aromatic carbocycles. The normalized spacial score (nSPS) is 10.9. The topological polar surface area (TPSA) is 33.6 Å². The van der Waals surface area contributed by atoms with Gasteiger partial charge in [-0.2, -0.15) is 4.40 Å². The molecule has 2 heterocycles. The Balaban J connectivity index is 0.00000156. The summed E-state index contributed by atoms with van der Waals surface area (Å²) in [7, 11) is 1.57. The molecular formula is C19H16BrNO2. The van der Waals surface area contributed by atoms with Gasteiger partial charge in [0.15, 0.2) is 23.4 Å². The Morgan fingerprint density at radius 3 is 2.57 bits per heavy atom. The summed E-state index contributed by atoms with van der Waals surface area (Å²) in [5.74, 6) is 0.691. The molecule has 4 rings (SSSR count). The highest BCUT2D eigenvalue weighted by atomic mass is 79.9. The van der Waals surface area contributed by atoms with Crippen molar-refractivity contribution in [1.82, 2.24) is 0 Å². The number of ether oxygens (including phenoxy) is 1. The fourth-order valence-electron chi connectivity index (χ4n) is 3.20. The number of aromatic hydroxyl groups is 1. The van der Waals surface area contributed by atoms with Crippen LogP contribution in [0.5, 0.6) is 11.5 Å². The van der Waals surface area contributed by atoms with E-state index < -0.39 is 0 Å². The van der Waals surface area contributed by atoms with E-state index in [1.807, 2.05) is 31.3 Å². The van der Waals surface area contributed by atoms with Crippen LogP contribution in [0.25, 0.3) is 27.1 Å². The number of fused-ring (bicyclic) bond motifs is 4. The summed E-state index contributed by atoms with van der Waals surface area (Å²) in [5, 5.41) is 14.7. The monoisotopic (exact) mass is 369 g/mol.